The molecule has 0 aliphatic rings. The van der Waals surface area contributed by atoms with E-state index in [-0.39, 0.29) is 19.0 Å². The standard InChI is InChI=1S/C15H20O5/c1-4-19-14(17)13(15(18)20-5-2)10(3)11-6-8-12(16)9-7-11/h6-10,13,16H,4-5H2,1-3H3. The van der Waals surface area contributed by atoms with E-state index in [9.17, 15) is 14.7 Å². The quantitative estimate of drug-likeness (QED) is 0.639. The molecule has 20 heavy (non-hydrogen) atoms. The lowest BCUT2D eigenvalue weighted by Crippen LogP contribution is -2.32. The lowest BCUT2D eigenvalue weighted by Gasteiger charge is -2.21. The summed E-state index contributed by atoms with van der Waals surface area (Å²) in [6.45, 7) is 5.54. The first-order chi connectivity index (χ1) is 9.51. The Balaban J connectivity index is 2.99. The van der Waals surface area contributed by atoms with Gasteiger partial charge in [0.2, 0.25) is 0 Å². The van der Waals surface area contributed by atoms with Crippen molar-refractivity contribution in [3.8, 4) is 5.75 Å². The summed E-state index contributed by atoms with van der Waals surface area (Å²) >= 11 is 0. The zero-order chi connectivity index (χ0) is 15.1. The maximum absolute atomic E-state index is 12.0. The summed E-state index contributed by atoms with van der Waals surface area (Å²) in [5.41, 5.74) is 0.758. The van der Waals surface area contributed by atoms with Crippen LogP contribution >= 0.6 is 0 Å². The number of ether oxygens (including phenoxy) is 2. The highest BCUT2D eigenvalue weighted by Crippen LogP contribution is 2.28. The molecule has 0 bridgehead atoms. The predicted octanol–water partition coefficient (Wildman–Crippen LogP) is 2.24. The van der Waals surface area contributed by atoms with Gasteiger partial charge in [-0.25, -0.2) is 0 Å². The van der Waals surface area contributed by atoms with Crippen LogP contribution < -0.4 is 0 Å². The first-order valence-electron chi connectivity index (χ1n) is 6.63. The minimum absolute atomic E-state index is 0.129. The van der Waals surface area contributed by atoms with Gasteiger partial charge >= 0.3 is 11.9 Å². The fraction of sp³-hybridized carbons (Fsp3) is 0.467. The lowest BCUT2D eigenvalue weighted by molar-refractivity contribution is -0.162. The Morgan fingerprint density at radius 1 is 1.05 bits per heavy atom. The lowest BCUT2D eigenvalue weighted by atomic mass is 9.87. The van der Waals surface area contributed by atoms with Crippen LogP contribution in [0.3, 0.4) is 0 Å². The predicted molar refractivity (Wildman–Crippen MR) is 73.3 cm³/mol. The van der Waals surface area contributed by atoms with E-state index in [0.29, 0.717) is 0 Å². The van der Waals surface area contributed by atoms with Crippen molar-refractivity contribution in [2.75, 3.05) is 13.2 Å². The number of benzene rings is 1. The van der Waals surface area contributed by atoms with E-state index >= 15 is 0 Å². The van der Waals surface area contributed by atoms with Crippen LogP contribution in [0.25, 0.3) is 0 Å². The number of carbonyl (C=O) groups is 2. The van der Waals surface area contributed by atoms with Gasteiger partial charge < -0.3 is 14.6 Å². The van der Waals surface area contributed by atoms with Crippen LogP contribution in [0.4, 0.5) is 0 Å². The highest BCUT2D eigenvalue weighted by molar-refractivity contribution is 5.96. The third-order valence-electron chi connectivity index (χ3n) is 3.00. The third-order valence-corrected chi connectivity index (χ3v) is 3.00. The maximum atomic E-state index is 12.0. The maximum Gasteiger partial charge on any atom is 0.320 e. The summed E-state index contributed by atoms with van der Waals surface area (Å²) in [4.78, 5) is 23.9. The van der Waals surface area contributed by atoms with Gasteiger partial charge in [0.05, 0.1) is 13.2 Å². The third kappa shape index (κ3) is 3.98. The van der Waals surface area contributed by atoms with Gasteiger partial charge in [-0.3, -0.25) is 9.59 Å². The number of esters is 2. The van der Waals surface area contributed by atoms with Crippen LogP contribution in [-0.4, -0.2) is 30.3 Å². The molecule has 0 amide bonds. The van der Waals surface area contributed by atoms with Crippen LogP contribution in [0.15, 0.2) is 24.3 Å². The number of phenols is 1. The summed E-state index contributed by atoms with van der Waals surface area (Å²) in [5, 5.41) is 9.28. The van der Waals surface area contributed by atoms with Crippen LogP contribution in [-0.2, 0) is 19.1 Å². The summed E-state index contributed by atoms with van der Waals surface area (Å²) in [5.74, 6) is -2.45. The van der Waals surface area contributed by atoms with Crippen LogP contribution in [0, 0.1) is 5.92 Å². The molecule has 5 nitrogen and oxygen atoms in total. The molecule has 1 atom stereocenters. The fourth-order valence-electron chi connectivity index (χ4n) is 1.94. The Labute approximate surface area is 118 Å². The minimum atomic E-state index is -1.00. The van der Waals surface area contributed by atoms with Crippen molar-refractivity contribution in [3.63, 3.8) is 0 Å². The molecule has 5 heteroatoms. The number of aromatic hydroxyl groups is 1. The Hall–Kier alpha value is -2.04. The number of hydrogen-bond acceptors (Lipinski definition) is 5. The Morgan fingerprint density at radius 2 is 1.50 bits per heavy atom. The number of phenolic OH excluding ortho intramolecular Hbond substituents is 1. The van der Waals surface area contributed by atoms with Gasteiger partial charge in [0.25, 0.3) is 0 Å². The van der Waals surface area contributed by atoms with Crippen LogP contribution in [0.5, 0.6) is 5.75 Å². The zero-order valence-electron chi connectivity index (χ0n) is 12.0. The molecular formula is C15H20O5. The van der Waals surface area contributed by atoms with Gasteiger partial charge in [0.1, 0.15) is 5.75 Å². The smallest absolute Gasteiger partial charge is 0.320 e. The van der Waals surface area contributed by atoms with Crippen LogP contribution in [0.2, 0.25) is 0 Å². The molecule has 0 heterocycles. The van der Waals surface area contributed by atoms with E-state index in [4.69, 9.17) is 9.47 Å². The molecule has 1 aromatic rings. The molecule has 1 N–H and O–H groups in total. The van der Waals surface area contributed by atoms with Crippen molar-refractivity contribution in [2.45, 2.75) is 26.7 Å². The zero-order valence-corrected chi connectivity index (χ0v) is 12.0. The van der Waals surface area contributed by atoms with E-state index in [1.54, 1.807) is 32.9 Å². The molecule has 1 unspecified atom stereocenters. The molecule has 0 aliphatic heterocycles. The Bertz CT molecular complexity index is 434. The molecule has 110 valence electrons. The number of carbonyl (C=O) groups excluding carboxylic acids is 2. The SMILES string of the molecule is CCOC(=O)C(C(=O)OCC)C(C)c1ccc(O)cc1. The first-order valence-corrected chi connectivity index (χ1v) is 6.63. The molecule has 0 saturated heterocycles. The Kier molecular flexibility index (Phi) is 6.03. The molecule has 0 spiro atoms. The van der Waals surface area contributed by atoms with Gasteiger partial charge in [-0.05, 0) is 31.5 Å². The van der Waals surface area contributed by atoms with Gasteiger partial charge in [-0.15, -0.1) is 0 Å². The van der Waals surface area contributed by atoms with Gasteiger partial charge in [0.15, 0.2) is 5.92 Å². The monoisotopic (exact) mass is 280 g/mol. The van der Waals surface area contributed by atoms with Gasteiger partial charge in [0, 0.05) is 5.92 Å². The van der Waals surface area contributed by atoms with Crippen LogP contribution in [0.1, 0.15) is 32.3 Å². The highest BCUT2D eigenvalue weighted by atomic mass is 16.6. The van der Waals surface area contributed by atoms with E-state index in [1.165, 1.54) is 12.1 Å². The second-order valence-electron chi connectivity index (χ2n) is 4.36. The molecule has 0 radical (unpaired) electrons. The summed E-state index contributed by atoms with van der Waals surface area (Å²) in [7, 11) is 0. The van der Waals surface area contributed by atoms with Gasteiger partial charge in [-0.1, -0.05) is 19.1 Å². The minimum Gasteiger partial charge on any atom is -0.508 e. The molecule has 1 rings (SSSR count). The van der Waals surface area contributed by atoms with Crippen molar-refractivity contribution in [3.05, 3.63) is 29.8 Å². The summed E-state index contributed by atoms with van der Waals surface area (Å²) < 4.78 is 9.90. The normalized spacial score (nSPS) is 12.0. The van der Waals surface area contributed by atoms with Crippen molar-refractivity contribution >= 4 is 11.9 Å². The van der Waals surface area contributed by atoms with E-state index in [1.807, 2.05) is 0 Å². The molecule has 1 aromatic carbocycles. The highest BCUT2D eigenvalue weighted by Gasteiger charge is 2.35. The van der Waals surface area contributed by atoms with Gasteiger partial charge in [-0.2, -0.15) is 0 Å². The summed E-state index contributed by atoms with van der Waals surface area (Å²) in [6.07, 6.45) is 0. The largest absolute Gasteiger partial charge is 0.508 e. The second-order valence-corrected chi connectivity index (χ2v) is 4.36. The Morgan fingerprint density at radius 3 is 1.90 bits per heavy atom. The first kappa shape index (κ1) is 16.0. The van der Waals surface area contributed by atoms with E-state index < -0.39 is 23.8 Å². The molecule has 0 aromatic heterocycles. The average Bonchev–Trinajstić information content (AvgIpc) is 2.40. The average molecular weight is 280 g/mol. The topological polar surface area (TPSA) is 72.8 Å². The molecular weight excluding hydrogens is 260 g/mol. The second kappa shape index (κ2) is 7.53. The molecule has 0 fully saturated rings. The van der Waals surface area contributed by atoms with E-state index in [2.05, 4.69) is 0 Å². The van der Waals surface area contributed by atoms with Crippen molar-refractivity contribution < 1.29 is 24.2 Å². The molecule has 0 aliphatic carbocycles. The number of rotatable bonds is 6. The van der Waals surface area contributed by atoms with E-state index in [0.717, 1.165) is 5.56 Å². The van der Waals surface area contributed by atoms with Crippen molar-refractivity contribution in [1.82, 2.24) is 0 Å². The fourth-order valence-corrected chi connectivity index (χ4v) is 1.94. The summed E-state index contributed by atoms with van der Waals surface area (Å²) in [6, 6.07) is 6.37. The van der Waals surface area contributed by atoms with Crippen molar-refractivity contribution in [2.24, 2.45) is 5.92 Å². The molecule has 0 saturated carbocycles. The van der Waals surface area contributed by atoms with Crippen molar-refractivity contribution in [1.29, 1.82) is 0 Å². The number of hydrogen-bond donors (Lipinski definition) is 1.